The van der Waals surface area contributed by atoms with Crippen molar-refractivity contribution in [2.45, 2.75) is 6.92 Å². The summed E-state index contributed by atoms with van der Waals surface area (Å²) in [7, 11) is 0. The molecule has 1 amide bonds. The van der Waals surface area contributed by atoms with Gasteiger partial charge in [-0.15, -0.1) is 0 Å². The summed E-state index contributed by atoms with van der Waals surface area (Å²) in [5.41, 5.74) is 3.16. The zero-order chi connectivity index (χ0) is 14.3. The lowest BCUT2D eigenvalue weighted by molar-refractivity contribution is 0.101. The first kappa shape index (κ1) is 12.4. The Morgan fingerprint density at radius 1 is 1.00 bits per heavy atom. The Labute approximate surface area is 117 Å². The van der Waals surface area contributed by atoms with Crippen molar-refractivity contribution in [1.82, 2.24) is 0 Å². The van der Waals surface area contributed by atoms with Crippen molar-refractivity contribution in [3.8, 4) is 0 Å². The van der Waals surface area contributed by atoms with E-state index >= 15 is 0 Å². The van der Waals surface area contributed by atoms with Crippen LogP contribution in [0.4, 0.5) is 5.69 Å². The molecule has 2 aromatic carbocycles. The number of anilines is 1. The van der Waals surface area contributed by atoms with E-state index in [2.05, 4.69) is 6.58 Å². The molecule has 2 aromatic rings. The maximum Gasteiger partial charge on any atom is 0.263 e. The number of carbonyl (C=O) groups is 2. The van der Waals surface area contributed by atoms with Gasteiger partial charge in [0.25, 0.3) is 5.91 Å². The SMILES string of the molecule is C=C1c2ccccc2C(=O)N1c1ccccc1C(C)=O. The van der Waals surface area contributed by atoms with Gasteiger partial charge in [0, 0.05) is 16.7 Å². The second kappa shape index (κ2) is 4.46. The molecule has 0 saturated carbocycles. The van der Waals surface area contributed by atoms with Crippen molar-refractivity contribution in [2.75, 3.05) is 4.90 Å². The van der Waals surface area contributed by atoms with Crippen molar-refractivity contribution in [1.29, 1.82) is 0 Å². The summed E-state index contributed by atoms with van der Waals surface area (Å²) in [6.07, 6.45) is 0. The van der Waals surface area contributed by atoms with E-state index in [1.54, 1.807) is 24.3 Å². The molecule has 0 aromatic heterocycles. The zero-order valence-electron chi connectivity index (χ0n) is 11.1. The van der Waals surface area contributed by atoms with Crippen LogP contribution in [-0.4, -0.2) is 11.7 Å². The summed E-state index contributed by atoms with van der Waals surface area (Å²) >= 11 is 0. The molecule has 0 atom stereocenters. The van der Waals surface area contributed by atoms with Gasteiger partial charge < -0.3 is 0 Å². The van der Waals surface area contributed by atoms with Gasteiger partial charge in [-0.25, -0.2) is 0 Å². The van der Waals surface area contributed by atoms with Crippen molar-refractivity contribution in [3.05, 3.63) is 71.8 Å². The number of rotatable bonds is 2. The van der Waals surface area contributed by atoms with Crippen LogP contribution in [0.3, 0.4) is 0 Å². The number of Topliss-reactive ketones (excluding diaryl/α,β-unsaturated/α-hetero) is 1. The van der Waals surface area contributed by atoms with E-state index in [0.717, 1.165) is 5.56 Å². The van der Waals surface area contributed by atoms with Crippen LogP contribution >= 0.6 is 0 Å². The highest BCUT2D eigenvalue weighted by Gasteiger charge is 2.33. The van der Waals surface area contributed by atoms with Gasteiger partial charge in [-0.05, 0) is 25.1 Å². The molecule has 0 spiro atoms. The van der Waals surface area contributed by atoms with Crippen molar-refractivity contribution >= 4 is 23.1 Å². The standard InChI is InChI=1S/C17H13NO2/c1-11-13-7-3-4-9-15(13)17(20)18(11)16-10-6-5-8-14(16)12(2)19/h3-10H,1H2,2H3. The minimum Gasteiger partial charge on any atom is -0.294 e. The fraction of sp³-hybridized carbons (Fsp3) is 0.0588. The van der Waals surface area contributed by atoms with Crippen LogP contribution in [-0.2, 0) is 0 Å². The lowest BCUT2D eigenvalue weighted by Crippen LogP contribution is -2.23. The smallest absolute Gasteiger partial charge is 0.263 e. The molecular weight excluding hydrogens is 250 g/mol. The van der Waals surface area contributed by atoms with Gasteiger partial charge in [0.1, 0.15) is 0 Å². The molecule has 1 aliphatic heterocycles. The second-order valence-electron chi connectivity index (χ2n) is 4.71. The van der Waals surface area contributed by atoms with Gasteiger partial charge in [-0.2, -0.15) is 0 Å². The van der Waals surface area contributed by atoms with Crippen LogP contribution in [0.2, 0.25) is 0 Å². The Morgan fingerprint density at radius 2 is 1.60 bits per heavy atom. The number of nitrogens with zero attached hydrogens (tertiary/aromatic N) is 1. The quantitative estimate of drug-likeness (QED) is 0.777. The topological polar surface area (TPSA) is 37.4 Å². The fourth-order valence-corrected chi connectivity index (χ4v) is 2.51. The van der Waals surface area contributed by atoms with Crippen LogP contribution < -0.4 is 4.90 Å². The van der Waals surface area contributed by atoms with E-state index in [1.165, 1.54) is 11.8 Å². The summed E-state index contributed by atoms with van der Waals surface area (Å²) in [6.45, 7) is 5.49. The minimum absolute atomic E-state index is 0.0721. The van der Waals surface area contributed by atoms with Crippen LogP contribution in [0.15, 0.2) is 55.1 Å². The molecule has 0 fully saturated rings. The van der Waals surface area contributed by atoms with E-state index in [9.17, 15) is 9.59 Å². The van der Waals surface area contributed by atoms with Crippen LogP contribution in [0.25, 0.3) is 5.70 Å². The number of fused-ring (bicyclic) bond motifs is 1. The van der Waals surface area contributed by atoms with E-state index in [-0.39, 0.29) is 11.7 Å². The van der Waals surface area contributed by atoms with Gasteiger partial charge in [0.05, 0.1) is 11.4 Å². The molecule has 0 bridgehead atoms. The first-order chi connectivity index (χ1) is 9.61. The van der Waals surface area contributed by atoms with E-state index in [0.29, 0.717) is 22.5 Å². The molecule has 98 valence electrons. The normalized spacial score (nSPS) is 13.6. The highest BCUT2D eigenvalue weighted by molar-refractivity contribution is 6.23. The van der Waals surface area contributed by atoms with Crippen LogP contribution in [0.5, 0.6) is 0 Å². The van der Waals surface area contributed by atoms with Gasteiger partial charge in [0.15, 0.2) is 5.78 Å². The lowest BCUT2D eigenvalue weighted by atomic mass is 10.1. The summed E-state index contributed by atoms with van der Waals surface area (Å²) in [5, 5.41) is 0. The molecule has 3 rings (SSSR count). The Kier molecular flexibility index (Phi) is 2.75. The average molecular weight is 263 g/mol. The van der Waals surface area contributed by atoms with E-state index < -0.39 is 0 Å². The number of hydrogen-bond acceptors (Lipinski definition) is 2. The first-order valence-electron chi connectivity index (χ1n) is 6.34. The molecule has 0 radical (unpaired) electrons. The summed E-state index contributed by atoms with van der Waals surface area (Å²) < 4.78 is 0. The number of carbonyl (C=O) groups excluding carboxylic acids is 2. The number of ketones is 1. The van der Waals surface area contributed by atoms with Crippen molar-refractivity contribution < 1.29 is 9.59 Å². The monoisotopic (exact) mass is 263 g/mol. The molecule has 0 aliphatic carbocycles. The molecule has 0 saturated heterocycles. The Balaban J connectivity index is 2.17. The molecule has 3 nitrogen and oxygen atoms in total. The summed E-state index contributed by atoms with van der Waals surface area (Å²) in [4.78, 5) is 25.8. The van der Waals surface area contributed by atoms with Gasteiger partial charge in [-0.1, -0.05) is 36.9 Å². The Hall–Kier alpha value is -2.68. The molecule has 3 heteroatoms. The van der Waals surface area contributed by atoms with E-state index in [4.69, 9.17) is 0 Å². The maximum absolute atomic E-state index is 12.5. The van der Waals surface area contributed by atoms with E-state index in [1.807, 2.05) is 24.3 Å². The number of hydrogen-bond donors (Lipinski definition) is 0. The first-order valence-corrected chi connectivity index (χ1v) is 6.34. The van der Waals surface area contributed by atoms with Crippen molar-refractivity contribution in [2.24, 2.45) is 0 Å². The number of benzene rings is 2. The average Bonchev–Trinajstić information content (AvgIpc) is 2.71. The molecule has 0 N–H and O–H groups in total. The van der Waals surface area contributed by atoms with Gasteiger partial charge in [0.2, 0.25) is 0 Å². The van der Waals surface area contributed by atoms with Gasteiger partial charge >= 0.3 is 0 Å². The lowest BCUT2D eigenvalue weighted by Gasteiger charge is -2.20. The van der Waals surface area contributed by atoms with Crippen LogP contribution in [0.1, 0.15) is 33.2 Å². The second-order valence-corrected chi connectivity index (χ2v) is 4.71. The van der Waals surface area contributed by atoms with Crippen LogP contribution in [0, 0.1) is 0 Å². The largest absolute Gasteiger partial charge is 0.294 e. The highest BCUT2D eigenvalue weighted by atomic mass is 16.2. The number of amides is 1. The van der Waals surface area contributed by atoms with Crippen molar-refractivity contribution in [3.63, 3.8) is 0 Å². The third-order valence-electron chi connectivity index (χ3n) is 3.47. The zero-order valence-corrected chi connectivity index (χ0v) is 11.1. The van der Waals surface area contributed by atoms with Gasteiger partial charge in [-0.3, -0.25) is 14.5 Å². The third-order valence-corrected chi connectivity index (χ3v) is 3.47. The minimum atomic E-state index is -0.140. The molecular formula is C17H13NO2. The highest BCUT2D eigenvalue weighted by Crippen LogP contribution is 2.37. The maximum atomic E-state index is 12.5. The Morgan fingerprint density at radius 3 is 2.25 bits per heavy atom. The molecule has 1 heterocycles. The summed E-state index contributed by atoms with van der Waals surface area (Å²) in [5.74, 6) is -0.212. The third kappa shape index (κ3) is 1.67. The predicted octanol–water partition coefficient (Wildman–Crippen LogP) is 3.52. The molecule has 20 heavy (non-hydrogen) atoms. The Bertz CT molecular complexity index is 711. The molecule has 0 unspecified atom stereocenters. The number of para-hydroxylation sites is 1. The fourth-order valence-electron chi connectivity index (χ4n) is 2.51. The predicted molar refractivity (Wildman–Crippen MR) is 78.7 cm³/mol. The summed E-state index contributed by atoms with van der Waals surface area (Å²) in [6, 6.07) is 14.4. The molecule has 1 aliphatic rings.